The van der Waals surface area contributed by atoms with Gasteiger partial charge in [-0.1, -0.05) is 12.1 Å². The summed E-state index contributed by atoms with van der Waals surface area (Å²) in [5.41, 5.74) is 0.493. The Morgan fingerprint density at radius 1 is 0.857 bits per heavy atom. The third-order valence-electron chi connectivity index (χ3n) is 3.48. The van der Waals surface area contributed by atoms with Crippen LogP contribution in [0.5, 0.6) is 11.5 Å². The first-order valence-electron chi connectivity index (χ1n) is 7.88. The first-order chi connectivity index (χ1) is 13.3. The molecular formula is C19H16F2O7. The highest BCUT2D eigenvalue weighted by atomic mass is 19.3. The molecule has 9 heteroatoms. The Bertz CT molecular complexity index is 829. The van der Waals surface area contributed by atoms with Crippen molar-refractivity contribution in [2.45, 2.75) is 13.0 Å². The van der Waals surface area contributed by atoms with Gasteiger partial charge in [-0.25, -0.2) is 9.59 Å². The lowest BCUT2D eigenvalue weighted by atomic mass is 10.1. The molecule has 0 heterocycles. The predicted octanol–water partition coefficient (Wildman–Crippen LogP) is 3.01. The van der Waals surface area contributed by atoms with E-state index >= 15 is 0 Å². The Morgan fingerprint density at radius 2 is 1.39 bits per heavy atom. The average Bonchev–Trinajstić information content (AvgIpc) is 2.67. The van der Waals surface area contributed by atoms with E-state index in [4.69, 9.17) is 4.74 Å². The number of rotatable bonds is 7. The van der Waals surface area contributed by atoms with E-state index in [-0.39, 0.29) is 29.0 Å². The summed E-state index contributed by atoms with van der Waals surface area (Å²) in [5, 5.41) is 0. The number of ether oxygens (including phenoxy) is 4. The van der Waals surface area contributed by atoms with E-state index in [1.54, 1.807) is 0 Å². The van der Waals surface area contributed by atoms with Crippen LogP contribution in [0.25, 0.3) is 0 Å². The van der Waals surface area contributed by atoms with E-state index < -0.39 is 24.5 Å². The van der Waals surface area contributed by atoms with E-state index in [1.165, 1.54) is 56.7 Å². The normalized spacial score (nSPS) is 10.3. The number of halogens is 2. The maximum absolute atomic E-state index is 12.1. The second-order valence-corrected chi connectivity index (χ2v) is 5.40. The Balaban J connectivity index is 2.13. The number of carbonyl (C=O) groups excluding carboxylic acids is 3. The van der Waals surface area contributed by atoms with Crippen LogP contribution in [0.1, 0.15) is 26.3 Å². The third kappa shape index (κ3) is 5.76. The van der Waals surface area contributed by atoms with Gasteiger partial charge in [0.05, 0.1) is 31.8 Å². The van der Waals surface area contributed by atoms with Gasteiger partial charge in [-0.15, -0.1) is 0 Å². The van der Waals surface area contributed by atoms with Crippen molar-refractivity contribution in [1.29, 1.82) is 0 Å². The van der Waals surface area contributed by atoms with Gasteiger partial charge < -0.3 is 18.9 Å². The van der Waals surface area contributed by atoms with Crippen LogP contribution in [0.15, 0.2) is 42.5 Å². The SMILES string of the molecule is COC(=O)c1cc(OC(=O)Cc2ccc(OC(F)F)cc2)cc(C(=O)OC)c1. The fourth-order valence-electron chi connectivity index (χ4n) is 2.25. The minimum atomic E-state index is -2.94. The van der Waals surface area contributed by atoms with Crippen molar-refractivity contribution in [2.24, 2.45) is 0 Å². The second kappa shape index (κ2) is 9.45. The zero-order valence-corrected chi connectivity index (χ0v) is 14.9. The number of esters is 3. The van der Waals surface area contributed by atoms with Crippen LogP contribution >= 0.6 is 0 Å². The smallest absolute Gasteiger partial charge is 0.387 e. The highest BCUT2D eigenvalue weighted by Crippen LogP contribution is 2.20. The van der Waals surface area contributed by atoms with Crippen molar-refractivity contribution in [1.82, 2.24) is 0 Å². The topological polar surface area (TPSA) is 88.1 Å². The van der Waals surface area contributed by atoms with Crippen molar-refractivity contribution in [3.05, 3.63) is 59.2 Å². The van der Waals surface area contributed by atoms with Gasteiger partial charge in [-0.05, 0) is 35.9 Å². The highest BCUT2D eigenvalue weighted by Gasteiger charge is 2.16. The summed E-state index contributed by atoms with van der Waals surface area (Å²) < 4.78 is 42.9. The standard InChI is InChI=1S/C19H16F2O7/c1-25-17(23)12-8-13(18(24)26-2)10-15(9-12)27-16(22)7-11-3-5-14(6-4-11)28-19(20)21/h3-6,8-10,19H,7H2,1-2H3. The van der Waals surface area contributed by atoms with Gasteiger partial charge in [0.1, 0.15) is 11.5 Å². The second-order valence-electron chi connectivity index (χ2n) is 5.40. The van der Waals surface area contributed by atoms with Crippen LogP contribution in [0, 0.1) is 0 Å². The van der Waals surface area contributed by atoms with E-state index in [0.29, 0.717) is 5.56 Å². The lowest BCUT2D eigenvalue weighted by Crippen LogP contribution is -2.13. The van der Waals surface area contributed by atoms with Crippen molar-refractivity contribution < 1.29 is 42.1 Å². The van der Waals surface area contributed by atoms with Gasteiger partial charge in [0, 0.05) is 0 Å². The molecule has 0 aliphatic carbocycles. The summed E-state index contributed by atoms with van der Waals surface area (Å²) in [7, 11) is 2.33. The first kappa shape index (κ1) is 20.8. The maximum atomic E-state index is 12.1. The Kier molecular flexibility index (Phi) is 7.02. The van der Waals surface area contributed by atoms with Gasteiger partial charge in [0.15, 0.2) is 0 Å². The molecule has 2 rings (SSSR count). The van der Waals surface area contributed by atoms with Crippen LogP contribution < -0.4 is 9.47 Å². The molecule has 0 saturated heterocycles. The summed E-state index contributed by atoms with van der Waals surface area (Å²) in [6.07, 6.45) is -0.176. The molecule has 0 aliphatic rings. The molecule has 28 heavy (non-hydrogen) atoms. The fraction of sp³-hybridized carbons (Fsp3) is 0.211. The molecule has 2 aromatic rings. The van der Waals surface area contributed by atoms with Crippen LogP contribution in [0.3, 0.4) is 0 Å². The fourth-order valence-corrected chi connectivity index (χ4v) is 2.25. The van der Waals surface area contributed by atoms with Gasteiger partial charge >= 0.3 is 24.5 Å². The quantitative estimate of drug-likeness (QED) is 0.527. The molecular weight excluding hydrogens is 378 g/mol. The Labute approximate surface area is 158 Å². The van der Waals surface area contributed by atoms with Gasteiger partial charge in [0.25, 0.3) is 0 Å². The van der Waals surface area contributed by atoms with Gasteiger partial charge in [0.2, 0.25) is 0 Å². The molecule has 0 bridgehead atoms. The number of hydrogen-bond acceptors (Lipinski definition) is 7. The third-order valence-corrected chi connectivity index (χ3v) is 3.48. The lowest BCUT2D eigenvalue weighted by Gasteiger charge is -2.09. The van der Waals surface area contributed by atoms with E-state index in [2.05, 4.69) is 14.2 Å². The monoisotopic (exact) mass is 394 g/mol. The van der Waals surface area contributed by atoms with Gasteiger partial charge in [-0.2, -0.15) is 8.78 Å². The molecule has 0 spiro atoms. The minimum absolute atomic E-state index is 0.00157. The number of hydrogen-bond donors (Lipinski definition) is 0. The molecule has 0 amide bonds. The minimum Gasteiger partial charge on any atom is -0.465 e. The molecule has 0 unspecified atom stereocenters. The molecule has 0 aromatic heterocycles. The molecule has 148 valence electrons. The van der Waals surface area contributed by atoms with Crippen LogP contribution in [-0.2, 0) is 20.7 Å². The summed E-state index contributed by atoms with van der Waals surface area (Å²) in [6, 6.07) is 9.19. The molecule has 0 N–H and O–H groups in total. The molecule has 0 saturated carbocycles. The van der Waals surface area contributed by atoms with Crippen molar-refractivity contribution in [3.8, 4) is 11.5 Å². The van der Waals surface area contributed by atoms with Crippen molar-refractivity contribution in [2.75, 3.05) is 14.2 Å². The van der Waals surface area contributed by atoms with Crippen molar-refractivity contribution >= 4 is 17.9 Å². The van der Waals surface area contributed by atoms with E-state index in [0.717, 1.165) is 0 Å². The first-order valence-corrected chi connectivity index (χ1v) is 7.88. The number of benzene rings is 2. The largest absolute Gasteiger partial charge is 0.465 e. The molecule has 0 fully saturated rings. The van der Waals surface area contributed by atoms with Crippen LogP contribution in [-0.4, -0.2) is 38.7 Å². The summed E-state index contributed by atoms with van der Waals surface area (Å²) in [6.45, 7) is -2.94. The molecule has 7 nitrogen and oxygen atoms in total. The molecule has 2 aromatic carbocycles. The lowest BCUT2D eigenvalue weighted by molar-refractivity contribution is -0.133. The summed E-state index contributed by atoms with van der Waals surface area (Å²) >= 11 is 0. The molecule has 0 atom stereocenters. The zero-order chi connectivity index (χ0) is 20.7. The van der Waals surface area contributed by atoms with Crippen LogP contribution in [0.2, 0.25) is 0 Å². The Morgan fingerprint density at radius 3 is 1.86 bits per heavy atom. The maximum Gasteiger partial charge on any atom is 0.387 e. The number of alkyl halides is 2. The molecule has 0 aliphatic heterocycles. The van der Waals surface area contributed by atoms with E-state index in [9.17, 15) is 23.2 Å². The number of methoxy groups -OCH3 is 2. The zero-order valence-electron chi connectivity index (χ0n) is 14.9. The van der Waals surface area contributed by atoms with Crippen molar-refractivity contribution in [3.63, 3.8) is 0 Å². The highest BCUT2D eigenvalue weighted by molar-refractivity contribution is 5.96. The number of carbonyl (C=O) groups is 3. The summed E-state index contributed by atoms with van der Waals surface area (Å²) in [5.74, 6) is -2.23. The summed E-state index contributed by atoms with van der Waals surface area (Å²) in [4.78, 5) is 35.6. The average molecular weight is 394 g/mol. The van der Waals surface area contributed by atoms with Crippen LogP contribution in [0.4, 0.5) is 8.78 Å². The Hall–Kier alpha value is -3.49. The molecule has 0 radical (unpaired) electrons. The van der Waals surface area contributed by atoms with Gasteiger partial charge in [-0.3, -0.25) is 4.79 Å². The predicted molar refractivity (Wildman–Crippen MR) is 91.5 cm³/mol. The van der Waals surface area contributed by atoms with E-state index in [1.807, 2.05) is 0 Å².